The van der Waals surface area contributed by atoms with Gasteiger partial charge in [0.15, 0.2) is 0 Å². The van der Waals surface area contributed by atoms with Crippen molar-refractivity contribution in [3.8, 4) is 0 Å². The summed E-state index contributed by atoms with van der Waals surface area (Å²) in [5.41, 5.74) is 0.151. The van der Waals surface area contributed by atoms with Crippen LogP contribution in [0.3, 0.4) is 0 Å². The van der Waals surface area contributed by atoms with Crippen molar-refractivity contribution in [2.45, 2.75) is 38.7 Å². The summed E-state index contributed by atoms with van der Waals surface area (Å²) >= 11 is 0. The zero-order chi connectivity index (χ0) is 9.31. The van der Waals surface area contributed by atoms with Gasteiger partial charge >= 0.3 is 0 Å². The minimum Gasteiger partial charge on any atom is -0.375 e. The van der Waals surface area contributed by atoms with Gasteiger partial charge in [0.2, 0.25) is 0 Å². The zero-order valence-corrected chi connectivity index (χ0v) is 8.71. The van der Waals surface area contributed by atoms with E-state index in [2.05, 4.69) is 13.8 Å². The molecular formula is C11H20O2. The number of ether oxygens (including phenoxy) is 2. The molecule has 2 unspecified atom stereocenters. The first-order valence-electron chi connectivity index (χ1n) is 5.46. The molecule has 0 aromatic heterocycles. The summed E-state index contributed by atoms with van der Waals surface area (Å²) in [5.74, 6) is 1.64. The zero-order valence-electron chi connectivity index (χ0n) is 8.71. The average Bonchev–Trinajstić information content (AvgIpc) is 2.48. The minimum atomic E-state index is 0.151. The molecular weight excluding hydrogens is 164 g/mol. The van der Waals surface area contributed by atoms with Crippen LogP contribution in [0.15, 0.2) is 0 Å². The molecule has 13 heavy (non-hydrogen) atoms. The molecule has 2 heteroatoms. The molecule has 0 amide bonds. The highest BCUT2D eigenvalue weighted by molar-refractivity contribution is 4.94. The third-order valence-corrected chi connectivity index (χ3v) is 3.45. The van der Waals surface area contributed by atoms with E-state index in [1.165, 1.54) is 19.3 Å². The maximum Gasteiger partial charge on any atom is 0.115 e. The standard InChI is InChI=1S/C11H20O2/c1-3-9(2)4-10-5-11(13-6-10)7-12-8-11/h9-10H,3-8H2,1-2H3. The van der Waals surface area contributed by atoms with Crippen molar-refractivity contribution in [3.05, 3.63) is 0 Å². The average molecular weight is 184 g/mol. The second-order valence-electron chi connectivity index (χ2n) is 4.81. The van der Waals surface area contributed by atoms with Crippen LogP contribution in [0.25, 0.3) is 0 Å². The van der Waals surface area contributed by atoms with Crippen molar-refractivity contribution in [3.63, 3.8) is 0 Å². The van der Waals surface area contributed by atoms with Crippen LogP contribution in [0.2, 0.25) is 0 Å². The SMILES string of the molecule is CCC(C)CC1COC2(COC2)C1. The lowest BCUT2D eigenvalue weighted by molar-refractivity contribution is -0.184. The monoisotopic (exact) mass is 184 g/mol. The lowest BCUT2D eigenvalue weighted by Gasteiger charge is -2.36. The van der Waals surface area contributed by atoms with Gasteiger partial charge in [0.05, 0.1) is 19.8 Å². The van der Waals surface area contributed by atoms with E-state index in [1.807, 2.05) is 0 Å². The van der Waals surface area contributed by atoms with E-state index in [4.69, 9.17) is 9.47 Å². The van der Waals surface area contributed by atoms with Crippen LogP contribution in [0.5, 0.6) is 0 Å². The van der Waals surface area contributed by atoms with Crippen molar-refractivity contribution in [2.75, 3.05) is 19.8 Å². The summed E-state index contributed by atoms with van der Waals surface area (Å²) in [6.45, 7) is 7.24. The van der Waals surface area contributed by atoms with Gasteiger partial charge in [-0.2, -0.15) is 0 Å². The highest BCUT2D eigenvalue weighted by Crippen LogP contribution is 2.38. The Hall–Kier alpha value is -0.0800. The van der Waals surface area contributed by atoms with Crippen LogP contribution in [0, 0.1) is 11.8 Å². The molecule has 0 aromatic carbocycles. The lowest BCUT2D eigenvalue weighted by atomic mass is 9.87. The highest BCUT2D eigenvalue weighted by atomic mass is 16.6. The van der Waals surface area contributed by atoms with Gasteiger partial charge in [-0.05, 0) is 24.7 Å². The smallest absolute Gasteiger partial charge is 0.115 e. The Morgan fingerprint density at radius 2 is 2.23 bits per heavy atom. The van der Waals surface area contributed by atoms with E-state index in [0.717, 1.165) is 31.7 Å². The molecule has 2 heterocycles. The van der Waals surface area contributed by atoms with Crippen molar-refractivity contribution in [2.24, 2.45) is 11.8 Å². The lowest BCUT2D eigenvalue weighted by Crippen LogP contribution is -2.49. The molecule has 2 atom stereocenters. The Bertz CT molecular complexity index is 175. The first kappa shape index (κ1) is 9.47. The number of hydrogen-bond donors (Lipinski definition) is 0. The maximum atomic E-state index is 5.81. The molecule has 0 radical (unpaired) electrons. The normalized spacial score (nSPS) is 33.2. The van der Waals surface area contributed by atoms with E-state index < -0.39 is 0 Å². The molecule has 2 rings (SSSR count). The van der Waals surface area contributed by atoms with Crippen LogP contribution < -0.4 is 0 Å². The third kappa shape index (κ3) is 1.89. The van der Waals surface area contributed by atoms with Gasteiger partial charge in [-0.1, -0.05) is 20.3 Å². The van der Waals surface area contributed by atoms with Gasteiger partial charge in [0, 0.05) is 0 Å². The quantitative estimate of drug-likeness (QED) is 0.669. The summed E-state index contributed by atoms with van der Waals surface area (Å²) in [7, 11) is 0. The molecule has 0 aromatic rings. The van der Waals surface area contributed by atoms with E-state index in [0.29, 0.717) is 0 Å². The Balaban J connectivity index is 1.78. The van der Waals surface area contributed by atoms with Crippen molar-refractivity contribution >= 4 is 0 Å². The van der Waals surface area contributed by atoms with E-state index in [9.17, 15) is 0 Å². The van der Waals surface area contributed by atoms with Gasteiger partial charge in [0.1, 0.15) is 5.60 Å². The topological polar surface area (TPSA) is 18.5 Å². The summed E-state index contributed by atoms with van der Waals surface area (Å²) in [5, 5.41) is 0. The molecule has 0 bridgehead atoms. The first-order chi connectivity index (χ1) is 6.24. The molecule has 0 saturated carbocycles. The Morgan fingerprint density at radius 1 is 1.46 bits per heavy atom. The molecule has 1 spiro atoms. The fourth-order valence-electron chi connectivity index (χ4n) is 2.36. The van der Waals surface area contributed by atoms with Crippen LogP contribution >= 0.6 is 0 Å². The van der Waals surface area contributed by atoms with Crippen LogP contribution in [0.4, 0.5) is 0 Å². The Morgan fingerprint density at radius 3 is 2.69 bits per heavy atom. The van der Waals surface area contributed by atoms with Crippen LogP contribution in [-0.2, 0) is 9.47 Å². The van der Waals surface area contributed by atoms with Crippen molar-refractivity contribution < 1.29 is 9.47 Å². The second kappa shape index (κ2) is 3.58. The predicted molar refractivity (Wildman–Crippen MR) is 51.7 cm³/mol. The molecule has 2 aliphatic heterocycles. The molecule has 2 aliphatic rings. The van der Waals surface area contributed by atoms with Gasteiger partial charge in [-0.25, -0.2) is 0 Å². The largest absolute Gasteiger partial charge is 0.375 e. The molecule has 2 saturated heterocycles. The molecule has 76 valence electrons. The second-order valence-corrected chi connectivity index (χ2v) is 4.81. The summed E-state index contributed by atoms with van der Waals surface area (Å²) < 4.78 is 11.0. The van der Waals surface area contributed by atoms with Gasteiger partial charge < -0.3 is 9.47 Å². The van der Waals surface area contributed by atoms with Crippen LogP contribution in [0.1, 0.15) is 33.1 Å². The van der Waals surface area contributed by atoms with Crippen molar-refractivity contribution in [1.82, 2.24) is 0 Å². The van der Waals surface area contributed by atoms with E-state index in [-0.39, 0.29) is 5.60 Å². The van der Waals surface area contributed by atoms with Crippen molar-refractivity contribution in [1.29, 1.82) is 0 Å². The molecule has 0 aliphatic carbocycles. The molecule has 2 nitrogen and oxygen atoms in total. The highest BCUT2D eigenvalue weighted by Gasteiger charge is 2.46. The minimum absolute atomic E-state index is 0.151. The van der Waals surface area contributed by atoms with Gasteiger partial charge in [0.25, 0.3) is 0 Å². The van der Waals surface area contributed by atoms with Gasteiger partial charge in [-0.3, -0.25) is 0 Å². The molecule has 0 N–H and O–H groups in total. The maximum absolute atomic E-state index is 5.81. The van der Waals surface area contributed by atoms with E-state index in [1.54, 1.807) is 0 Å². The predicted octanol–water partition coefficient (Wildman–Crippen LogP) is 2.23. The molecule has 2 fully saturated rings. The third-order valence-electron chi connectivity index (χ3n) is 3.45. The summed E-state index contributed by atoms with van der Waals surface area (Å²) in [4.78, 5) is 0. The Labute approximate surface area is 80.6 Å². The van der Waals surface area contributed by atoms with Gasteiger partial charge in [-0.15, -0.1) is 0 Å². The summed E-state index contributed by atoms with van der Waals surface area (Å²) in [6, 6.07) is 0. The first-order valence-corrected chi connectivity index (χ1v) is 5.46. The number of hydrogen-bond acceptors (Lipinski definition) is 2. The van der Waals surface area contributed by atoms with Crippen LogP contribution in [-0.4, -0.2) is 25.4 Å². The fraction of sp³-hybridized carbons (Fsp3) is 1.00. The number of rotatable bonds is 3. The Kier molecular flexibility index (Phi) is 2.61. The van der Waals surface area contributed by atoms with E-state index >= 15 is 0 Å². The fourth-order valence-corrected chi connectivity index (χ4v) is 2.36. The summed E-state index contributed by atoms with van der Waals surface area (Å²) in [6.07, 6.45) is 3.86.